The molecule has 0 aliphatic carbocycles. The lowest BCUT2D eigenvalue weighted by molar-refractivity contribution is 0.0608. The largest absolute Gasteiger partial charge is 0.336 e. The number of rotatable bonds is 2. The summed E-state index contributed by atoms with van der Waals surface area (Å²) in [7, 11) is 0. The van der Waals surface area contributed by atoms with Crippen molar-refractivity contribution >= 4 is 11.4 Å². The monoisotopic (exact) mass is 257 g/mol. The molecule has 0 radical (unpaired) electrons. The molecule has 1 fully saturated rings. The third-order valence-electron chi connectivity index (χ3n) is 4.02. The number of pyridine rings is 1. The average molecular weight is 257 g/mol. The lowest BCUT2D eigenvalue weighted by atomic mass is 9.99. The van der Waals surface area contributed by atoms with Crippen molar-refractivity contribution in [2.45, 2.75) is 38.6 Å². The molecule has 0 saturated carbocycles. The molecule has 1 saturated heterocycles. The van der Waals surface area contributed by atoms with Crippen molar-refractivity contribution < 1.29 is 4.79 Å². The first-order valence-electron chi connectivity index (χ1n) is 7.02. The summed E-state index contributed by atoms with van der Waals surface area (Å²) in [6.45, 7) is 3.05. The van der Waals surface area contributed by atoms with E-state index < -0.39 is 0 Å². The second kappa shape index (κ2) is 5.03. The summed E-state index contributed by atoms with van der Waals surface area (Å²) >= 11 is 0. The van der Waals surface area contributed by atoms with Crippen LogP contribution in [0.4, 0.5) is 0 Å². The first-order valence-corrected chi connectivity index (χ1v) is 7.02. The maximum atomic E-state index is 12.6. The number of nitrogens with zero attached hydrogens (tertiary/aromatic N) is 3. The Labute approximate surface area is 113 Å². The van der Waals surface area contributed by atoms with E-state index in [0.29, 0.717) is 6.04 Å². The number of carbonyl (C=O) groups excluding carboxylic acids is 1. The normalized spacial score (nSPS) is 19.8. The lowest BCUT2D eigenvalue weighted by Crippen LogP contribution is -2.43. The molecule has 0 spiro atoms. The van der Waals surface area contributed by atoms with Gasteiger partial charge in [-0.1, -0.05) is 6.92 Å². The van der Waals surface area contributed by atoms with Crippen LogP contribution < -0.4 is 0 Å². The van der Waals surface area contributed by atoms with Gasteiger partial charge in [0.05, 0.1) is 18.0 Å². The summed E-state index contributed by atoms with van der Waals surface area (Å²) in [4.78, 5) is 18.8. The van der Waals surface area contributed by atoms with Gasteiger partial charge in [0.25, 0.3) is 5.91 Å². The molecule has 3 heterocycles. The molecule has 1 amide bonds. The first kappa shape index (κ1) is 12.2. The van der Waals surface area contributed by atoms with Gasteiger partial charge in [0.2, 0.25) is 0 Å². The van der Waals surface area contributed by atoms with Crippen molar-refractivity contribution in [2.75, 3.05) is 6.54 Å². The van der Waals surface area contributed by atoms with Crippen molar-refractivity contribution in [1.82, 2.24) is 14.3 Å². The number of piperidine rings is 1. The first-order chi connectivity index (χ1) is 9.29. The van der Waals surface area contributed by atoms with Crippen LogP contribution in [0.15, 0.2) is 30.9 Å². The van der Waals surface area contributed by atoms with Crippen LogP contribution in [0.5, 0.6) is 0 Å². The van der Waals surface area contributed by atoms with E-state index in [4.69, 9.17) is 0 Å². The Kier molecular flexibility index (Phi) is 3.23. The van der Waals surface area contributed by atoms with E-state index in [9.17, 15) is 4.79 Å². The molecule has 3 rings (SSSR count). The second-order valence-corrected chi connectivity index (χ2v) is 5.20. The fourth-order valence-electron chi connectivity index (χ4n) is 2.91. The van der Waals surface area contributed by atoms with Crippen molar-refractivity contribution in [3.8, 4) is 0 Å². The van der Waals surface area contributed by atoms with Gasteiger partial charge in [0.1, 0.15) is 0 Å². The molecule has 19 heavy (non-hydrogen) atoms. The zero-order valence-electron chi connectivity index (χ0n) is 11.2. The topological polar surface area (TPSA) is 37.6 Å². The number of hydrogen-bond acceptors (Lipinski definition) is 2. The summed E-state index contributed by atoms with van der Waals surface area (Å²) in [5, 5.41) is 0. The second-order valence-electron chi connectivity index (χ2n) is 5.20. The third kappa shape index (κ3) is 2.23. The predicted octanol–water partition coefficient (Wildman–Crippen LogP) is 2.74. The standard InChI is InChI=1S/C15H19N3O/c1-2-13-5-3-4-7-18(13)15(19)12-6-8-17-11-16-10-14(17)9-12/h6,8-11,13H,2-5,7H2,1H3. The Hall–Kier alpha value is -1.84. The predicted molar refractivity (Wildman–Crippen MR) is 74.2 cm³/mol. The molecule has 1 atom stereocenters. The molecular weight excluding hydrogens is 238 g/mol. The van der Waals surface area contributed by atoms with Gasteiger partial charge in [-0.15, -0.1) is 0 Å². The highest BCUT2D eigenvalue weighted by Crippen LogP contribution is 2.22. The number of amides is 1. The van der Waals surface area contributed by atoms with Crippen LogP contribution in [0.25, 0.3) is 5.52 Å². The fourth-order valence-corrected chi connectivity index (χ4v) is 2.91. The molecular formula is C15H19N3O. The van der Waals surface area contributed by atoms with Gasteiger partial charge >= 0.3 is 0 Å². The molecule has 2 aromatic heterocycles. The van der Waals surface area contributed by atoms with Gasteiger partial charge in [-0.25, -0.2) is 4.98 Å². The highest BCUT2D eigenvalue weighted by Gasteiger charge is 2.26. The van der Waals surface area contributed by atoms with Crippen molar-refractivity contribution in [3.05, 3.63) is 36.4 Å². The van der Waals surface area contributed by atoms with Crippen LogP contribution in [0.2, 0.25) is 0 Å². The fraction of sp³-hybridized carbons (Fsp3) is 0.467. The maximum Gasteiger partial charge on any atom is 0.254 e. The van der Waals surface area contributed by atoms with Crippen LogP contribution in [-0.2, 0) is 0 Å². The van der Waals surface area contributed by atoms with Crippen molar-refractivity contribution in [1.29, 1.82) is 0 Å². The molecule has 4 heteroatoms. The van der Waals surface area contributed by atoms with Gasteiger partial charge < -0.3 is 9.30 Å². The van der Waals surface area contributed by atoms with Gasteiger partial charge in [-0.3, -0.25) is 4.79 Å². The van der Waals surface area contributed by atoms with Gasteiger partial charge in [0, 0.05) is 24.3 Å². The van der Waals surface area contributed by atoms with Crippen LogP contribution >= 0.6 is 0 Å². The van der Waals surface area contributed by atoms with Crippen molar-refractivity contribution in [2.24, 2.45) is 0 Å². The summed E-state index contributed by atoms with van der Waals surface area (Å²) in [5.41, 5.74) is 1.74. The zero-order chi connectivity index (χ0) is 13.2. The minimum atomic E-state index is 0.162. The molecule has 2 aromatic rings. The molecule has 0 aromatic carbocycles. The smallest absolute Gasteiger partial charge is 0.254 e. The average Bonchev–Trinajstić information content (AvgIpc) is 2.93. The summed E-state index contributed by atoms with van der Waals surface area (Å²) in [5.74, 6) is 0.162. The Balaban J connectivity index is 1.89. The molecule has 100 valence electrons. The number of fused-ring (bicyclic) bond motifs is 1. The van der Waals surface area contributed by atoms with E-state index in [1.807, 2.05) is 27.6 Å². The van der Waals surface area contributed by atoms with E-state index >= 15 is 0 Å². The number of hydrogen-bond donors (Lipinski definition) is 0. The number of aromatic nitrogens is 2. The van der Waals surface area contributed by atoms with Gasteiger partial charge in [-0.05, 0) is 37.8 Å². The Morgan fingerprint density at radius 2 is 2.37 bits per heavy atom. The minimum Gasteiger partial charge on any atom is -0.336 e. The Morgan fingerprint density at radius 1 is 1.47 bits per heavy atom. The highest BCUT2D eigenvalue weighted by atomic mass is 16.2. The van der Waals surface area contributed by atoms with Crippen LogP contribution in [0, 0.1) is 0 Å². The molecule has 1 aliphatic rings. The Morgan fingerprint density at radius 3 is 3.21 bits per heavy atom. The molecule has 1 unspecified atom stereocenters. The number of imidazole rings is 1. The number of carbonyl (C=O) groups is 1. The minimum absolute atomic E-state index is 0.162. The SMILES string of the molecule is CCC1CCCCN1C(=O)c1ccn2cncc2c1. The van der Waals surface area contributed by atoms with Crippen LogP contribution in [0.1, 0.15) is 43.0 Å². The third-order valence-corrected chi connectivity index (χ3v) is 4.02. The van der Waals surface area contributed by atoms with Gasteiger partial charge in [0.15, 0.2) is 0 Å². The summed E-state index contributed by atoms with van der Waals surface area (Å²) in [6.07, 6.45) is 9.98. The lowest BCUT2D eigenvalue weighted by Gasteiger charge is -2.35. The summed E-state index contributed by atoms with van der Waals surface area (Å²) < 4.78 is 1.92. The van der Waals surface area contributed by atoms with E-state index in [-0.39, 0.29) is 5.91 Å². The molecule has 1 aliphatic heterocycles. The highest BCUT2D eigenvalue weighted by molar-refractivity contribution is 5.95. The molecule has 0 N–H and O–H groups in total. The summed E-state index contributed by atoms with van der Waals surface area (Å²) in [6, 6.07) is 4.22. The van der Waals surface area contributed by atoms with E-state index in [1.165, 1.54) is 6.42 Å². The van der Waals surface area contributed by atoms with Crippen LogP contribution in [0.3, 0.4) is 0 Å². The van der Waals surface area contributed by atoms with Crippen LogP contribution in [-0.4, -0.2) is 32.8 Å². The van der Waals surface area contributed by atoms with Gasteiger partial charge in [-0.2, -0.15) is 0 Å². The van der Waals surface area contributed by atoms with Crippen molar-refractivity contribution in [3.63, 3.8) is 0 Å². The molecule has 0 bridgehead atoms. The quantitative estimate of drug-likeness (QED) is 0.829. The number of likely N-dealkylation sites (tertiary alicyclic amines) is 1. The van der Waals surface area contributed by atoms with E-state index in [2.05, 4.69) is 11.9 Å². The maximum absolute atomic E-state index is 12.6. The van der Waals surface area contributed by atoms with E-state index in [1.54, 1.807) is 12.5 Å². The van der Waals surface area contributed by atoms with E-state index in [0.717, 1.165) is 36.9 Å². The zero-order valence-corrected chi connectivity index (χ0v) is 11.2. The molecule has 4 nitrogen and oxygen atoms in total. The Bertz CT molecular complexity index is 590.